The Morgan fingerprint density at radius 2 is 0.667 bits per heavy atom. The fraction of sp³-hybridized carbons (Fsp3) is 0.746. The Bertz CT molecular complexity index is 1920. The second kappa shape index (κ2) is 33.7. The summed E-state index contributed by atoms with van der Waals surface area (Å²) in [6, 6.07) is 9.38. The molecule has 8 nitrogen and oxygen atoms in total. The molecule has 1 radical (unpaired) electrons. The van der Waals surface area contributed by atoms with Gasteiger partial charge in [0.15, 0.2) is 0 Å². The van der Waals surface area contributed by atoms with Gasteiger partial charge in [0.05, 0.1) is 59.4 Å². The molecule has 0 aromatic heterocycles. The fourth-order valence-electron chi connectivity index (χ4n) is 17.2. The van der Waals surface area contributed by atoms with Crippen LogP contribution in [-0.4, -0.2) is 104 Å². The predicted octanol–water partition coefficient (Wildman–Crippen LogP) is 17.8. The monoisotopic (exact) mass is 1160 g/mol. The molecule has 6 fully saturated rings. The van der Waals surface area contributed by atoms with Crippen LogP contribution in [0.15, 0.2) is 34.3 Å². The van der Waals surface area contributed by atoms with E-state index in [1.807, 2.05) is 12.4 Å². The van der Waals surface area contributed by atoms with Crippen LogP contribution < -0.4 is 0 Å². The number of aliphatic carboxylic acids is 2. The molecule has 0 unspecified atom stereocenters. The van der Waals surface area contributed by atoms with Crippen LogP contribution in [0.2, 0.25) is 0 Å². The van der Waals surface area contributed by atoms with Gasteiger partial charge >= 0.3 is 11.9 Å². The molecule has 9 rings (SSSR count). The topological polar surface area (TPSA) is 140 Å². The Labute approximate surface area is 485 Å². The van der Waals surface area contributed by atoms with Crippen LogP contribution in [0.5, 0.6) is 11.5 Å². The van der Waals surface area contributed by atoms with Crippen molar-refractivity contribution in [2.45, 2.75) is 291 Å². The number of benzene rings is 2. The smallest absolute Gasteiger partial charge is 0.414 e. The number of carboxylic acids is 2. The number of fused-ring (bicyclic) bond motifs is 4. The van der Waals surface area contributed by atoms with E-state index < -0.39 is 26.5 Å². The first-order valence-corrected chi connectivity index (χ1v) is 36.4. The minimum atomic E-state index is -1.82. The molecule has 1 aliphatic heterocycles. The Morgan fingerprint density at radius 1 is 0.410 bits per heavy atom. The largest absolute Gasteiger partial charge is 0.507 e. The van der Waals surface area contributed by atoms with Gasteiger partial charge in [-0.1, -0.05) is 63.5 Å². The van der Waals surface area contributed by atoms with Gasteiger partial charge < -0.3 is 27.9 Å². The van der Waals surface area contributed by atoms with Gasteiger partial charge in [0, 0.05) is 54.9 Å². The van der Waals surface area contributed by atoms with Crippen LogP contribution in [0, 0.1) is 7.43 Å². The molecule has 0 amide bonds. The van der Waals surface area contributed by atoms with Crippen molar-refractivity contribution in [1.29, 1.82) is 0 Å². The molecule has 439 valence electrons. The number of phenols is 2. The molecule has 1 heterocycles. The van der Waals surface area contributed by atoms with E-state index in [0.717, 1.165) is 108 Å². The number of hydrogen-bond acceptors (Lipinski definition) is 6. The molecular weight excluding hydrogens is 1050 g/mol. The fourth-order valence-corrected chi connectivity index (χ4v) is 32.4. The number of nitrogens with zero attached hydrogens (tertiary/aromatic N) is 2. The molecule has 2 aromatic rings. The van der Waals surface area contributed by atoms with Gasteiger partial charge in [0.2, 0.25) is 0 Å². The van der Waals surface area contributed by atoms with Gasteiger partial charge in [-0.15, -0.1) is 0 Å². The second-order valence-electron chi connectivity index (χ2n) is 25.4. The van der Waals surface area contributed by atoms with E-state index in [9.17, 15) is 10.2 Å². The van der Waals surface area contributed by atoms with Crippen LogP contribution in [0.25, 0.3) is 0 Å². The van der Waals surface area contributed by atoms with Crippen molar-refractivity contribution < 1.29 is 46.8 Å². The zero-order valence-corrected chi connectivity index (χ0v) is 51.6. The number of aryl methyl sites for hydroxylation is 4. The Balaban J connectivity index is 0.00000116. The zero-order valence-electron chi connectivity index (χ0n) is 48.8. The molecule has 7 aliphatic rings. The van der Waals surface area contributed by atoms with E-state index in [4.69, 9.17) is 29.8 Å². The van der Waals surface area contributed by atoms with Crippen LogP contribution in [0.1, 0.15) is 265 Å². The average molecular weight is 1160 g/mol. The van der Waals surface area contributed by atoms with E-state index >= 15 is 0 Å². The van der Waals surface area contributed by atoms with Gasteiger partial charge in [-0.3, -0.25) is 9.98 Å². The van der Waals surface area contributed by atoms with E-state index in [0.29, 0.717) is 24.6 Å². The number of aromatic hydroxyl groups is 2. The van der Waals surface area contributed by atoms with E-state index in [1.165, 1.54) is 229 Å². The van der Waals surface area contributed by atoms with E-state index in [2.05, 4.69) is 24.3 Å². The Kier molecular flexibility index (Phi) is 28.0. The summed E-state index contributed by atoms with van der Waals surface area (Å²) in [7, 11) is -2.21. The maximum absolute atomic E-state index is 11.7. The van der Waals surface area contributed by atoms with Crippen molar-refractivity contribution in [1.82, 2.24) is 0 Å². The molecular formula is C67H107CoN2O6P2+. The van der Waals surface area contributed by atoms with E-state index in [1.54, 1.807) is 0 Å². The first kappa shape index (κ1) is 64.8. The minimum Gasteiger partial charge on any atom is -0.507 e. The van der Waals surface area contributed by atoms with Gasteiger partial charge in [0.1, 0.15) is 11.5 Å². The maximum Gasteiger partial charge on any atom is 0.414 e. The summed E-state index contributed by atoms with van der Waals surface area (Å²) >= 11 is 0. The summed E-state index contributed by atoms with van der Waals surface area (Å²) < 4.78 is 0. The number of rotatable bonds is 14. The third-order valence-electron chi connectivity index (χ3n) is 20.7. The van der Waals surface area contributed by atoms with Crippen LogP contribution in [-0.2, 0) is 52.1 Å². The van der Waals surface area contributed by atoms with Crippen molar-refractivity contribution >= 4 is 38.9 Å². The summed E-state index contributed by atoms with van der Waals surface area (Å²) in [5.74, 6) is -2.74. The summed E-state index contributed by atoms with van der Waals surface area (Å²) in [4.78, 5) is 28.0. The molecule has 0 saturated heterocycles. The predicted molar refractivity (Wildman–Crippen MR) is 330 cm³/mol. The third-order valence-corrected chi connectivity index (χ3v) is 34.2. The SMILES string of the molecule is O=C(O)C(=O)O.Oc1c2cc(CCC[P+](C3CCCCC3)(C3CCCCC3)C3CCCCC3)cc1CCCCCCc1cc(CCC[P+](C3CCCCC3)(C3CCCCC3)C3CCCCC3)cc(c1O)C=NCCN=C2.[CH3-].[Co]. The normalized spacial score (nSPS) is 21.7. The van der Waals surface area contributed by atoms with Crippen molar-refractivity contribution in [2.24, 2.45) is 9.98 Å². The molecule has 0 spiro atoms. The summed E-state index contributed by atoms with van der Waals surface area (Å²) in [5, 5.41) is 38.3. The third kappa shape index (κ3) is 17.4. The van der Waals surface area contributed by atoms with Gasteiger partial charge in [-0.05, 0) is 240 Å². The second-order valence-corrected chi connectivity index (χ2v) is 34.6. The molecule has 11 heteroatoms. The molecule has 4 bridgehead atoms. The molecule has 78 heavy (non-hydrogen) atoms. The van der Waals surface area contributed by atoms with Gasteiger partial charge in [-0.2, -0.15) is 0 Å². The zero-order chi connectivity index (χ0) is 53.0. The minimum absolute atomic E-state index is 0. The number of carbonyl (C=O) groups is 2. The Morgan fingerprint density at radius 3 is 0.923 bits per heavy atom. The quantitative estimate of drug-likeness (QED) is 0.0844. The molecule has 6 saturated carbocycles. The molecule has 0 atom stereocenters. The van der Waals surface area contributed by atoms with Gasteiger partial charge in [0.25, 0.3) is 0 Å². The first-order valence-electron chi connectivity index (χ1n) is 32.1. The van der Waals surface area contributed by atoms with Crippen LogP contribution in [0.4, 0.5) is 0 Å². The standard InChI is InChI=1S/C64H100N2O2P2.C2H2O4.CH3.Co/c67-63-53-27-9-1-2-10-28-54-46-52(26-24-44-70(60-35-17-6-18-36-60,61-37-19-7-20-38-61)62-39-21-8-22-40-62)48-56(64(54)68)50-66-42-41-65-49-55(63)47-51(45-53)25-23-43-69(57-29-11-3-12-30-57,58-31-13-4-14-32-58)59-33-15-5-16-34-59;3-1(4)2(5)6;;/h45-50,57-62H,1-44H2;(H,3,4)(H,5,6);1H3;/q;;-1;/p+2. The van der Waals surface area contributed by atoms with Gasteiger partial charge in [-0.25, -0.2) is 9.59 Å². The maximum atomic E-state index is 11.7. The van der Waals surface area contributed by atoms with Crippen LogP contribution >= 0.6 is 14.5 Å². The summed E-state index contributed by atoms with van der Waals surface area (Å²) in [6.07, 6.45) is 63.2. The number of hydrogen-bond donors (Lipinski definition) is 4. The Hall–Kier alpha value is -2.31. The molecule has 6 aliphatic carbocycles. The molecule has 4 N–H and O–H groups in total. The van der Waals surface area contributed by atoms with Crippen LogP contribution in [0.3, 0.4) is 0 Å². The van der Waals surface area contributed by atoms with E-state index in [-0.39, 0.29) is 24.2 Å². The molecule has 2 aromatic carbocycles. The van der Waals surface area contributed by atoms with Crippen molar-refractivity contribution in [3.63, 3.8) is 0 Å². The first-order chi connectivity index (χ1) is 37.2. The number of aliphatic imine (C=N–C) groups is 2. The number of phenolic OH excluding ortho intramolecular Hbond substituents is 2. The van der Waals surface area contributed by atoms with Crippen molar-refractivity contribution in [3.05, 3.63) is 65.1 Å². The summed E-state index contributed by atoms with van der Waals surface area (Å²) in [6.45, 7) is 1.16. The number of carboxylic acid groups (broad SMARTS) is 2. The van der Waals surface area contributed by atoms with Crippen molar-refractivity contribution in [2.75, 3.05) is 25.4 Å². The average Bonchev–Trinajstić information content (AvgIpc) is 3.57. The van der Waals surface area contributed by atoms with Crippen molar-refractivity contribution in [3.8, 4) is 11.5 Å². The summed E-state index contributed by atoms with van der Waals surface area (Å²) in [5.41, 5.74) is 13.2.